The number of amides is 1. The molecule has 2 aromatic carbocycles. The van der Waals surface area contributed by atoms with Gasteiger partial charge < -0.3 is 10.3 Å². The molecular formula is C24H18N4O2S3. The molecule has 33 heavy (non-hydrogen) atoms. The summed E-state index contributed by atoms with van der Waals surface area (Å²) in [5, 5.41) is 7.90. The Labute approximate surface area is 201 Å². The summed E-state index contributed by atoms with van der Waals surface area (Å²) in [6.07, 6.45) is 0. The van der Waals surface area contributed by atoms with Crippen molar-refractivity contribution in [1.29, 1.82) is 0 Å². The second kappa shape index (κ2) is 9.70. The highest BCUT2D eigenvalue weighted by atomic mass is 32.2. The van der Waals surface area contributed by atoms with Crippen LogP contribution in [0.5, 0.6) is 0 Å². The number of aromatic amines is 1. The van der Waals surface area contributed by atoms with Gasteiger partial charge in [-0.1, -0.05) is 60.7 Å². The van der Waals surface area contributed by atoms with Gasteiger partial charge in [-0.25, -0.2) is 9.97 Å². The highest BCUT2D eigenvalue weighted by Crippen LogP contribution is 2.30. The van der Waals surface area contributed by atoms with Crippen LogP contribution in [0.2, 0.25) is 0 Å². The third-order valence-corrected chi connectivity index (χ3v) is 7.44. The van der Waals surface area contributed by atoms with Gasteiger partial charge in [-0.05, 0) is 5.56 Å². The number of carbonyl (C=O) groups excluding carboxylic acids is 1. The summed E-state index contributed by atoms with van der Waals surface area (Å²) in [6, 6.07) is 19.6. The molecule has 0 aliphatic heterocycles. The molecule has 164 valence electrons. The van der Waals surface area contributed by atoms with Crippen molar-refractivity contribution in [2.75, 3.05) is 11.1 Å². The van der Waals surface area contributed by atoms with E-state index in [2.05, 4.69) is 20.3 Å². The van der Waals surface area contributed by atoms with E-state index in [1.165, 1.54) is 34.4 Å². The van der Waals surface area contributed by atoms with Crippen LogP contribution in [0.25, 0.3) is 32.6 Å². The molecular weight excluding hydrogens is 472 g/mol. The number of H-pyrrole nitrogens is 1. The SMILES string of the molecule is O=C(CSCc1nc2scc(-c3ccccc3)c2c(=O)[nH]1)Nc1nc(-c2ccccc2)cs1. The summed E-state index contributed by atoms with van der Waals surface area (Å²) in [5.41, 5.74) is 3.58. The average molecular weight is 491 g/mol. The number of nitrogens with one attached hydrogen (secondary N) is 2. The van der Waals surface area contributed by atoms with E-state index in [4.69, 9.17) is 0 Å². The summed E-state index contributed by atoms with van der Waals surface area (Å²) in [4.78, 5) is 37.7. The lowest BCUT2D eigenvalue weighted by atomic mass is 10.1. The van der Waals surface area contributed by atoms with Crippen molar-refractivity contribution in [2.45, 2.75) is 5.75 Å². The fourth-order valence-electron chi connectivity index (χ4n) is 3.36. The summed E-state index contributed by atoms with van der Waals surface area (Å²) in [5.74, 6) is 1.10. The first-order chi connectivity index (χ1) is 16.2. The van der Waals surface area contributed by atoms with Crippen molar-refractivity contribution in [2.24, 2.45) is 0 Å². The molecule has 5 rings (SSSR count). The molecule has 0 atom stereocenters. The van der Waals surface area contributed by atoms with Crippen molar-refractivity contribution in [3.05, 3.63) is 87.6 Å². The number of nitrogens with zero attached hydrogens (tertiary/aromatic N) is 2. The average Bonchev–Trinajstić information content (AvgIpc) is 3.48. The highest BCUT2D eigenvalue weighted by Gasteiger charge is 2.13. The minimum atomic E-state index is -0.156. The number of benzene rings is 2. The Morgan fingerprint density at radius 1 is 0.939 bits per heavy atom. The zero-order valence-corrected chi connectivity index (χ0v) is 19.7. The zero-order valence-electron chi connectivity index (χ0n) is 17.3. The van der Waals surface area contributed by atoms with E-state index in [1.54, 1.807) is 0 Å². The van der Waals surface area contributed by atoms with Crippen LogP contribution in [0.4, 0.5) is 5.13 Å². The maximum absolute atomic E-state index is 12.7. The van der Waals surface area contributed by atoms with Gasteiger partial charge in [-0.2, -0.15) is 0 Å². The monoisotopic (exact) mass is 490 g/mol. The quantitative estimate of drug-likeness (QED) is 0.308. The molecule has 3 heterocycles. The van der Waals surface area contributed by atoms with Crippen LogP contribution in [-0.4, -0.2) is 26.6 Å². The normalized spacial score (nSPS) is 11.0. The van der Waals surface area contributed by atoms with Crippen LogP contribution in [-0.2, 0) is 10.5 Å². The summed E-state index contributed by atoms with van der Waals surface area (Å²) < 4.78 is 0. The standard InChI is InChI=1S/C24H18N4O2S3/c29-20(28-24-25-18(12-33-24)16-9-5-2-6-10-16)14-31-13-19-26-22(30)21-17(11-32-23(21)27-19)15-7-3-1-4-8-15/h1-12H,13-14H2,(H,25,28,29)(H,26,27,30). The Balaban J connectivity index is 1.20. The number of hydrogen-bond donors (Lipinski definition) is 2. The number of aromatic nitrogens is 3. The molecule has 0 aliphatic rings. The number of carbonyl (C=O) groups is 1. The molecule has 0 aliphatic carbocycles. The lowest BCUT2D eigenvalue weighted by Crippen LogP contribution is -2.15. The van der Waals surface area contributed by atoms with E-state index in [0.717, 1.165) is 22.4 Å². The van der Waals surface area contributed by atoms with E-state index in [-0.39, 0.29) is 17.2 Å². The van der Waals surface area contributed by atoms with Gasteiger partial charge in [0.1, 0.15) is 10.7 Å². The first-order valence-electron chi connectivity index (χ1n) is 10.1. The molecule has 0 radical (unpaired) electrons. The first-order valence-corrected chi connectivity index (χ1v) is 13.0. The van der Waals surface area contributed by atoms with Gasteiger partial charge in [0.05, 0.1) is 22.6 Å². The smallest absolute Gasteiger partial charge is 0.260 e. The van der Waals surface area contributed by atoms with Crippen molar-refractivity contribution >= 4 is 55.7 Å². The fourth-order valence-corrected chi connectivity index (χ4v) is 5.75. The van der Waals surface area contributed by atoms with E-state index in [1.807, 2.05) is 71.4 Å². The second-order valence-corrected chi connectivity index (χ2v) is 9.85. The molecule has 3 aromatic heterocycles. The van der Waals surface area contributed by atoms with Gasteiger partial charge in [-0.3, -0.25) is 9.59 Å². The molecule has 9 heteroatoms. The van der Waals surface area contributed by atoms with Crippen LogP contribution in [0, 0.1) is 0 Å². The summed E-state index contributed by atoms with van der Waals surface area (Å²) >= 11 is 4.24. The number of fused-ring (bicyclic) bond motifs is 1. The molecule has 5 aromatic rings. The first kappa shape index (κ1) is 21.6. The van der Waals surface area contributed by atoms with Gasteiger partial charge in [-0.15, -0.1) is 34.4 Å². The van der Waals surface area contributed by atoms with E-state index < -0.39 is 0 Å². The lowest BCUT2D eigenvalue weighted by molar-refractivity contribution is -0.113. The van der Waals surface area contributed by atoms with E-state index in [9.17, 15) is 9.59 Å². The number of thioether (sulfide) groups is 1. The Morgan fingerprint density at radius 2 is 1.67 bits per heavy atom. The van der Waals surface area contributed by atoms with Gasteiger partial charge in [0, 0.05) is 21.9 Å². The Bertz CT molecular complexity index is 1460. The van der Waals surface area contributed by atoms with E-state index in [0.29, 0.717) is 26.9 Å². The number of thiophene rings is 1. The fraction of sp³-hybridized carbons (Fsp3) is 0.0833. The molecule has 0 unspecified atom stereocenters. The van der Waals surface area contributed by atoms with E-state index >= 15 is 0 Å². The maximum atomic E-state index is 12.7. The molecule has 6 nitrogen and oxygen atoms in total. The number of rotatable bonds is 7. The van der Waals surface area contributed by atoms with Crippen LogP contribution < -0.4 is 10.9 Å². The largest absolute Gasteiger partial charge is 0.309 e. The molecule has 0 saturated carbocycles. The number of anilines is 1. The Morgan fingerprint density at radius 3 is 2.42 bits per heavy atom. The molecule has 0 saturated heterocycles. The third kappa shape index (κ3) is 4.90. The molecule has 1 amide bonds. The molecule has 0 spiro atoms. The minimum Gasteiger partial charge on any atom is -0.309 e. The van der Waals surface area contributed by atoms with Gasteiger partial charge in [0.2, 0.25) is 5.91 Å². The molecule has 0 fully saturated rings. The van der Waals surface area contributed by atoms with Crippen molar-refractivity contribution < 1.29 is 4.79 Å². The molecule has 2 N–H and O–H groups in total. The third-order valence-electron chi connectivity index (χ3n) is 4.87. The van der Waals surface area contributed by atoms with Crippen LogP contribution >= 0.6 is 34.4 Å². The summed E-state index contributed by atoms with van der Waals surface area (Å²) in [6.45, 7) is 0. The number of thiazole rings is 1. The van der Waals surface area contributed by atoms with Crippen LogP contribution in [0.15, 0.2) is 76.2 Å². The second-order valence-electron chi connectivity index (χ2n) is 7.15. The predicted octanol–water partition coefficient (Wildman–Crippen LogP) is 5.65. The minimum absolute atomic E-state index is 0.139. The highest BCUT2D eigenvalue weighted by molar-refractivity contribution is 7.99. The van der Waals surface area contributed by atoms with Crippen LogP contribution in [0.3, 0.4) is 0 Å². The zero-order chi connectivity index (χ0) is 22.6. The number of hydrogen-bond acceptors (Lipinski definition) is 7. The van der Waals surface area contributed by atoms with Gasteiger partial charge in [0.25, 0.3) is 5.56 Å². The summed E-state index contributed by atoms with van der Waals surface area (Å²) in [7, 11) is 0. The Kier molecular flexibility index (Phi) is 6.34. The van der Waals surface area contributed by atoms with Gasteiger partial charge in [0.15, 0.2) is 5.13 Å². The van der Waals surface area contributed by atoms with Gasteiger partial charge >= 0.3 is 0 Å². The predicted molar refractivity (Wildman–Crippen MR) is 138 cm³/mol. The van der Waals surface area contributed by atoms with Crippen molar-refractivity contribution in [3.63, 3.8) is 0 Å². The van der Waals surface area contributed by atoms with Crippen LogP contribution in [0.1, 0.15) is 5.82 Å². The maximum Gasteiger partial charge on any atom is 0.260 e. The molecule has 0 bridgehead atoms. The topological polar surface area (TPSA) is 87.7 Å². The van der Waals surface area contributed by atoms with Crippen molar-refractivity contribution in [1.82, 2.24) is 15.0 Å². The lowest BCUT2D eigenvalue weighted by Gasteiger charge is -2.03. The van der Waals surface area contributed by atoms with Crippen molar-refractivity contribution in [3.8, 4) is 22.4 Å². The Hall–Kier alpha value is -3.27.